The number of phenols is 1. The molecule has 0 fully saturated rings. The van der Waals surface area contributed by atoms with E-state index in [0.29, 0.717) is 5.56 Å². The molecule has 0 aliphatic heterocycles. The number of rotatable bonds is 0. The van der Waals surface area contributed by atoms with Crippen molar-refractivity contribution in [3.63, 3.8) is 0 Å². The summed E-state index contributed by atoms with van der Waals surface area (Å²) in [6.45, 7) is 0. The minimum absolute atomic E-state index is 0.265. The largest absolute Gasteiger partial charge is 0.507 e. The zero-order valence-corrected chi connectivity index (χ0v) is 8.66. The van der Waals surface area contributed by atoms with Gasteiger partial charge in [-0.05, 0) is 43.4 Å². The van der Waals surface area contributed by atoms with Crippen molar-refractivity contribution in [3.05, 3.63) is 41.5 Å². The van der Waals surface area contributed by atoms with Crippen molar-refractivity contribution >= 4 is 0 Å². The summed E-state index contributed by atoms with van der Waals surface area (Å²) >= 11 is 0. The summed E-state index contributed by atoms with van der Waals surface area (Å²) in [5.74, 6) is 6.41. The van der Waals surface area contributed by atoms with Crippen molar-refractivity contribution in [2.45, 2.75) is 25.7 Å². The lowest BCUT2D eigenvalue weighted by Crippen LogP contribution is -1.88. The zero-order valence-electron chi connectivity index (χ0n) is 8.66. The summed E-state index contributed by atoms with van der Waals surface area (Å²) in [6, 6.07) is 7.20. The molecule has 0 unspecified atom stereocenters. The quantitative estimate of drug-likeness (QED) is 0.634. The van der Waals surface area contributed by atoms with Gasteiger partial charge < -0.3 is 5.11 Å². The van der Waals surface area contributed by atoms with E-state index in [2.05, 4.69) is 17.9 Å². The third-order valence-electron chi connectivity index (χ3n) is 2.55. The normalized spacial score (nSPS) is 15.1. The zero-order chi connectivity index (χ0) is 10.5. The van der Waals surface area contributed by atoms with E-state index in [-0.39, 0.29) is 5.75 Å². The fourth-order valence-electron chi connectivity index (χ4n) is 1.68. The molecule has 2 rings (SSSR count). The van der Waals surface area contributed by atoms with Crippen LogP contribution in [0.4, 0.5) is 0 Å². The number of benzene rings is 1. The molecular weight excluding hydrogens is 184 g/mol. The monoisotopic (exact) mass is 198 g/mol. The van der Waals surface area contributed by atoms with Gasteiger partial charge in [0.25, 0.3) is 0 Å². The van der Waals surface area contributed by atoms with E-state index in [1.54, 1.807) is 12.1 Å². The van der Waals surface area contributed by atoms with Crippen LogP contribution in [0.5, 0.6) is 5.75 Å². The average molecular weight is 198 g/mol. The molecule has 0 bridgehead atoms. The SMILES string of the molecule is Oc1ccccc1C#CC1=CCCCC1. The third-order valence-corrected chi connectivity index (χ3v) is 2.55. The molecule has 1 aliphatic rings. The van der Waals surface area contributed by atoms with Gasteiger partial charge in [-0.15, -0.1) is 0 Å². The van der Waals surface area contributed by atoms with Crippen molar-refractivity contribution in [3.8, 4) is 17.6 Å². The number of para-hydroxylation sites is 1. The summed E-state index contributed by atoms with van der Waals surface area (Å²) < 4.78 is 0. The van der Waals surface area contributed by atoms with Gasteiger partial charge in [0, 0.05) is 0 Å². The Hall–Kier alpha value is -1.68. The van der Waals surface area contributed by atoms with Crippen LogP contribution in [0.1, 0.15) is 31.2 Å². The van der Waals surface area contributed by atoms with Gasteiger partial charge in [0.1, 0.15) is 5.75 Å². The maximum Gasteiger partial charge on any atom is 0.131 e. The second kappa shape index (κ2) is 4.70. The van der Waals surface area contributed by atoms with Gasteiger partial charge in [-0.2, -0.15) is 0 Å². The van der Waals surface area contributed by atoms with Crippen LogP contribution in [-0.2, 0) is 0 Å². The first kappa shape index (κ1) is 9.86. The number of hydrogen-bond donors (Lipinski definition) is 1. The van der Waals surface area contributed by atoms with Gasteiger partial charge in [-0.1, -0.05) is 30.0 Å². The Morgan fingerprint density at radius 3 is 2.67 bits per heavy atom. The van der Waals surface area contributed by atoms with E-state index in [9.17, 15) is 5.11 Å². The Balaban J connectivity index is 2.18. The lowest BCUT2D eigenvalue weighted by molar-refractivity contribution is 0.473. The standard InChI is InChI=1S/C14H14O/c15-14-9-5-4-8-13(14)11-10-12-6-2-1-3-7-12/h4-6,8-9,15H,1-3,7H2. The highest BCUT2D eigenvalue weighted by Gasteiger charge is 2.00. The molecule has 1 N–H and O–H groups in total. The van der Waals surface area contributed by atoms with E-state index >= 15 is 0 Å². The van der Waals surface area contributed by atoms with E-state index < -0.39 is 0 Å². The maximum absolute atomic E-state index is 9.52. The van der Waals surface area contributed by atoms with Crippen LogP contribution >= 0.6 is 0 Å². The molecule has 0 spiro atoms. The fraction of sp³-hybridized carbons (Fsp3) is 0.286. The van der Waals surface area contributed by atoms with Gasteiger partial charge >= 0.3 is 0 Å². The molecule has 0 atom stereocenters. The van der Waals surface area contributed by atoms with E-state index in [4.69, 9.17) is 0 Å². The van der Waals surface area contributed by atoms with Crippen LogP contribution in [0, 0.1) is 11.8 Å². The Morgan fingerprint density at radius 2 is 1.93 bits per heavy atom. The molecule has 1 nitrogen and oxygen atoms in total. The smallest absolute Gasteiger partial charge is 0.131 e. The summed E-state index contributed by atoms with van der Waals surface area (Å²) in [6.07, 6.45) is 6.95. The van der Waals surface area contributed by atoms with Crippen LogP contribution < -0.4 is 0 Å². The molecule has 0 aromatic heterocycles. The summed E-state index contributed by atoms with van der Waals surface area (Å²) in [5, 5.41) is 9.52. The Morgan fingerprint density at radius 1 is 1.07 bits per heavy atom. The topological polar surface area (TPSA) is 20.2 Å². The first-order valence-electron chi connectivity index (χ1n) is 5.35. The molecule has 0 amide bonds. The predicted octanol–water partition coefficient (Wildman–Crippen LogP) is 3.24. The van der Waals surface area contributed by atoms with Gasteiger partial charge in [0.2, 0.25) is 0 Å². The molecule has 1 heteroatoms. The van der Waals surface area contributed by atoms with Crippen LogP contribution in [0.25, 0.3) is 0 Å². The first-order chi connectivity index (χ1) is 7.36. The van der Waals surface area contributed by atoms with Crippen molar-refractivity contribution in [2.75, 3.05) is 0 Å². The predicted molar refractivity (Wildman–Crippen MR) is 61.5 cm³/mol. The molecule has 1 aromatic rings. The lowest BCUT2D eigenvalue weighted by atomic mass is 10.00. The number of aromatic hydroxyl groups is 1. The number of phenolic OH excluding ortho intramolecular Hbond substituents is 1. The van der Waals surface area contributed by atoms with E-state index in [1.807, 2.05) is 12.1 Å². The highest BCUT2D eigenvalue weighted by molar-refractivity contribution is 5.48. The third kappa shape index (κ3) is 2.63. The summed E-state index contributed by atoms with van der Waals surface area (Å²) in [5.41, 5.74) is 1.92. The van der Waals surface area contributed by atoms with E-state index in [0.717, 1.165) is 12.8 Å². The molecule has 0 heterocycles. The van der Waals surface area contributed by atoms with Crippen molar-refractivity contribution in [1.82, 2.24) is 0 Å². The summed E-state index contributed by atoms with van der Waals surface area (Å²) in [4.78, 5) is 0. The fourth-order valence-corrected chi connectivity index (χ4v) is 1.68. The minimum Gasteiger partial charge on any atom is -0.507 e. The second-order valence-corrected chi connectivity index (χ2v) is 3.74. The van der Waals surface area contributed by atoms with Crippen molar-refractivity contribution < 1.29 is 5.11 Å². The van der Waals surface area contributed by atoms with Crippen LogP contribution in [0.15, 0.2) is 35.9 Å². The highest BCUT2D eigenvalue weighted by atomic mass is 16.3. The molecule has 0 radical (unpaired) electrons. The Labute approximate surface area is 90.4 Å². The van der Waals surface area contributed by atoms with Gasteiger partial charge in [-0.3, -0.25) is 0 Å². The number of allylic oxidation sites excluding steroid dienone is 2. The second-order valence-electron chi connectivity index (χ2n) is 3.74. The molecule has 1 aromatic carbocycles. The highest BCUT2D eigenvalue weighted by Crippen LogP contribution is 2.18. The van der Waals surface area contributed by atoms with Crippen molar-refractivity contribution in [2.24, 2.45) is 0 Å². The van der Waals surface area contributed by atoms with Gasteiger partial charge in [0.05, 0.1) is 5.56 Å². The molecule has 15 heavy (non-hydrogen) atoms. The first-order valence-corrected chi connectivity index (χ1v) is 5.35. The van der Waals surface area contributed by atoms with Crippen LogP contribution in [0.3, 0.4) is 0 Å². The Bertz CT molecular complexity index is 432. The average Bonchev–Trinajstić information content (AvgIpc) is 2.29. The van der Waals surface area contributed by atoms with Gasteiger partial charge in [0.15, 0.2) is 0 Å². The van der Waals surface area contributed by atoms with Crippen LogP contribution in [-0.4, -0.2) is 5.11 Å². The molecule has 0 saturated heterocycles. The summed E-state index contributed by atoms with van der Waals surface area (Å²) in [7, 11) is 0. The molecular formula is C14H14O. The van der Waals surface area contributed by atoms with Gasteiger partial charge in [-0.25, -0.2) is 0 Å². The van der Waals surface area contributed by atoms with Crippen LogP contribution in [0.2, 0.25) is 0 Å². The molecule has 76 valence electrons. The van der Waals surface area contributed by atoms with Crippen molar-refractivity contribution in [1.29, 1.82) is 0 Å². The maximum atomic E-state index is 9.52. The minimum atomic E-state index is 0.265. The number of hydrogen-bond acceptors (Lipinski definition) is 1. The molecule has 0 saturated carbocycles. The lowest BCUT2D eigenvalue weighted by Gasteiger charge is -2.05. The Kier molecular flexibility index (Phi) is 3.09. The van der Waals surface area contributed by atoms with E-state index in [1.165, 1.54) is 18.4 Å². The molecule has 1 aliphatic carbocycles.